The first-order valence-electron chi connectivity index (χ1n) is 11.3. The molecule has 0 fully saturated rings. The van der Waals surface area contributed by atoms with Gasteiger partial charge in [-0.25, -0.2) is 0 Å². The summed E-state index contributed by atoms with van der Waals surface area (Å²) in [6, 6.07) is 21.7. The van der Waals surface area contributed by atoms with Crippen LogP contribution in [0.25, 0.3) is 0 Å². The van der Waals surface area contributed by atoms with Gasteiger partial charge in [-0.05, 0) is 53.9 Å². The number of anilines is 1. The monoisotopic (exact) mass is 496 g/mol. The van der Waals surface area contributed by atoms with Gasteiger partial charge in [0.25, 0.3) is 0 Å². The Balaban J connectivity index is 0.00000432. The van der Waals surface area contributed by atoms with Gasteiger partial charge in [0.1, 0.15) is 23.4 Å². The summed E-state index contributed by atoms with van der Waals surface area (Å²) in [5.74, 6) is 1.06. The van der Waals surface area contributed by atoms with Gasteiger partial charge in [0.15, 0.2) is 0 Å². The number of nitrogens with two attached hydrogens (primary N) is 1. The molecule has 5 N–H and O–H groups in total. The molecule has 0 aromatic heterocycles. The number of unbranched alkanes of at least 4 members (excludes halogenated alkanes) is 1. The maximum absolute atomic E-state index is 13.4. The van der Waals surface area contributed by atoms with Gasteiger partial charge >= 0.3 is 0 Å². The minimum absolute atomic E-state index is 0. The van der Waals surface area contributed by atoms with Crippen molar-refractivity contribution in [2.75, 3.05) is 19.0 Å². The molecule has 0 heterocycles. The van der Waals surface area contributed by atoms with E-state index in [1.54, 1.807) is 31.4 Å². The van der Waals surface area contributed by atoms with E-state index in [2.05, 4.69) is 17.6 Å². The molecule has 0 bridgehead atoms. The number of amidine groups is 1. The van der Waals surface area contributed by atoms with Gasteiger partial charge < -0.3 is 25.8 Å². The molecule has 1 amide bonds. The van der Waals surface area contributed by atoms with Crippen LogP contribution in [0.3, 0.4) is 0 Å². The van der Waals surface area contributed by atoms with Crippen molar-refractivity contribution < 1.29 is 14.3 Å². The third-order valence-corrected chi connectivity index (χ3v) is 5.32. The van der Waals surface area contributed by atoms with Crippen LogP contribution in [0.5, 0.6) is 11.5 Å². The Bertz CT molecular complexity index is 1090. The molecule has 3 rings (SSSR count). The molecule has 7 nitrogen and oxygen atoms in total. The van der Waals surface area contributed by atoms with Gasteiger partial charge in [-0.1, -0.05) is 43.7 Å². The number of carbonyl (C=O) groups excluding carboxylic acids is 1. The van der Waals surface area contributed by atoms with Gasteiger partial charge in [0.05, 0.1) is 13.7 Å². The van der Waals surface area contributed by atoms with E-state index in [0.29, 0.717) is 35.8 Å². The molecule has 0 aliphatic carbocycles. The number of hydrogen-bond donors (Lipinski definition) is 4. The van der Waals surface area contributed by atoms with Crippen LogP contribution in [0.2, 0.25) is 0 Å². The second-order valence-electron chi connectivity index (χ2n) is 7.92. The van der Waals surface area contributed by atoms with Crippen molar-refractivity contribution in [2.24, 2.45) is 5.73 Å². The number of rotatable bonds is 12. The largest absolute Gasteiger partial charge is 0.497 e. The molecule has 0 radical (unpaired) electrons. The Morgan fingerprint density at radius 1 is 1.03 bits per heavy atom. The van der Waals surface area contributed by atoms with Crippen LogP contribution in [0.15, 0.2) is 72.8 Å². The molecule has 0 saturated heterocycles. The number of amides is 1. The highest BCUT2D eigenvalue weighted by Gasteiger charge is 2.22. The van der Waals surface area contributed by atoms with E-state index in [0.717, 1.165) is 24.1 Å². The molecule has 0 spiro atoms. The fraction of sp³-hybridized carbons (Fsp3) is 0.259. The summed E-state index contributed by atoms with van der Waals surface area (Å²) in [5.41, 5.74) is 8.63. The van der Waals surface area contributed by atoms with Crippen LogP contribution in [-0.4, -0.2) is 25.5 Å². The topological polar surface area (TPSA) is 109 Å². The molecule has 1 atom stereocenters. The van der Waals surface area contributed by atoms with E-state index < -0.39 is 6.04 Å². The van der Waals surface area contributed by atoms with Crippen molar-refractivity contribution in [3.63, 3.8) is 0 Å². The average Bonchev–Trinajstić information content (AvgIpc) is 2.86. The lowest BCUT2D eigenvalue weighted by atomic mass is 10.0. The predicted octanol–water partition coefficient (Wildman–Crippen LogP) is 5.05. The molecule has 3 aromatic rings. The van der Waals surface area contributed by atoms with Crippen molar-refractivity contribution in [3.05, 3.63) is 89.5 Å². The zero-order chi connectivity index (χ0) is 24.3. The van der Waals surface area contributed by atoms with Gasteiger partial charge in [-0.15, -0.1) is 12.4 Å². The SMILES string of the molecule is CCCCOc1cc(OC)cc([C@H](Nc2ccc(C(=N)N)cc2)C(=O)NCc2ccccc2)c1.Cl. The predicted molar refractivity (Wildman–Crippen MR) is 143 cm³/mol. The van der Waals surface area contributed by atoms with Crippen LogP contribution in [0.1, 0.15) is 42.5 Å². The number of ether oxygens (including phenoxy) is 2. The molecule has 0 unspecified atom stereocenters. The highest BCUT2D eigenvalue weighted by Crippen LogP contribution is 2.29. The lowest BCUT2D eigenvalue weighted by Crippen LogP contribution is -2.33. The number of nitrogen functional groups attached to an aromatic ring is 1. The molecule has 0 aliphatic rings. The Labute approximate surface area is 212 Å². The minimum Gasteiger partial charge on any atom is -0.497 e. The zero-order valence-electron chi connectivity index (χ0n) is 20.0. The summed E-state index contributed by atoms with van der Waals surface area (Å²) < 4.78 is 11.4. The third-order valence-electron chi connectivity index (χ3n) is 5.32. The van der Waals surface area contributed by atoms with E-state index in [4.69, 9.17) is 20.6 Å². The van der Waals surface area contributed by atoms with Crippen molar-refractivity contribution in [3.8, 4) is 11.5 Å². The second-order valence-corrected chi connectivity index (χ2v) is 7.92. The first-order valence-corrected chi connectivity index (χ1v) is 11.3. The first-order chi connectivity index (χ1) is 16.5. The van der Waals surface area contributed by atoms with E-state index in [1.807, 2.05) is 48.5 Å². The molecule has 3 aromatic carbocycles. The summed E-state index contributed by atoms with van der Waals surface area (Å²) in [5, 5.41) is 13.9. The summed E-state index contributed by atoms with van der Waals surface area (Å²) >= 11 is 0. The number of halogens is 1. The van der Waals surface area contributed by atoms with Crippen molar-refractivity contribution in [1.82, 2.24) is 5.32 Å². The molecule has 8 heteroatoms. The smallest absolute Gasteiger partial charge is 0.247 e. The minimum atomic E-state index is -0.699. The Hall–Kier alpha value is -3.71. The van der Waals surface area contributed by atoms with Gasteiger partial charge in [0.2, 0.25) is 5.91 Å². The maximum atomic E-state index is 13.4. The normalized spacial score (nSPS) is 11.0. The van der Waals surface area contributed by atoms with Crippen LogP contribution in [0.4, 0.5) is 5.69 Å². The average molecular weight is 497 g/mol. The van der Waals surface area contributed by atoms with Crippen LogP contribution in [-0.2, 0) is 11.3 Å². The number of nitrogens with one attached hydrogen (secondary N) is 3. The summed E-state index contributed by atoms with van der Waals surface area (Å²) in [6.45, 7) is 3.10. The number of carbonyl (C=O) groups is 1. The molecule has 35 heavy (non-hydrogen) atoms. The standard InChI is InChI=1S/C27H32N4O3.ClH/c1-3-4-14-34-24-16-21(15-23(17-24)33-2)25(27(32)30-18-19-8-6-5-7-9-19)31-22-12-10-20(11-13-22)26(28)29;/h5-13,15-17,25,31H,3-4,14,18H2,1-2H3,(H3,28,29)(H,30,32);1H/t25-;/m0./s1. The van der Waals surface area contributed by atoms with Crippen molar-refractivity contribution >= 4 is 29.8 Å². The van der Waals surface area contributed by atoms with Gasteiger partial charge in [-0.3, -0.25) is 10.2 Å². The van der Waals surface area contributed by atoms with Crippen LogP contribution >= 0.6 is 12.4 Å². The maximum Gasteiger partial charge on any atom is 0.247 e. The summed E-state index contributed by atoms with van der Waals surface area (Å²) in [6.07, 6.45) is 1.97. The van der Waals surface area contributed by atoms with E-state index in [-0.39, 0.29) is 24.1 Å². The Kier molecular flexibility index (Phi) is 10.9. The highest BCUT2D eigenvalue weighted by atomic mass is 35.5. The van der Waals surface area contributed by atoms with E-state index >= 15 is 0 Å². The third kappa shape index (κ3) is 8.22. The first kappa shape index (κ1) is 27.5. The van der Waals surface area contributed by atoms with Crippen molar-refractivity contribution in [1.29, 1.82) is 5.41 Å². The molecule has 186 valence electrons. The Morgan fingerprint density at radius 2 is 1.71 bits per heavy atom. The van der Waals surface area contributed by atoms with Gasteiger partial charge in [-0.2, -0.15) is 0 Å². The fourth-order valence-corrected chi connectivity index (χ4v) is 3.40. The lowest BCUT2D eigenvalue weighted by Gasteiger charge is -2.22. The number of benzene rings is 3. The van der Waals surface area contributed by atoms with Crippen LogP contribution in [0, 0.1) is 5.41 Å². The molecule has 0 saturated carbocycles. The van der Waals surface area contributed by atoms with E-state index in [9.17, 15) is 4.79 Å². The Morgan fingerprint density at radius 3 is 2.34 bits per heavy atom. The second kappa shape index (κ2) is 13.9. The number of hydrogen-bond acceptors (Lipinski definition) is 5. The quantitative estimate of drug-likeness (QED) is 0.159. The summed E-state index contributed by atoms with van der Waals surface area (Å²) in [7, 11) is 1.59. The van der Waals surface area contributed by atoms with Gasteiger partial charge in [0, 0.05) is 23.9 Å². The summed E-state index contributed by atoms with van der Waals surface area (Å²) in [4.78, 5) is 13.4. The lowest BCUT2D eigenvalue weighted by molar-refractivity contribution is -0.122. The fourth-order valence-electron chi connectivity index (χ4n) is 3.40. The molecular weight excluding hydrogens is 464 g/mol. The molecule has 0 aliphatic heterocycles. The van der Waals surface area contributed by atoms with E-state index in [1.165, 1.54) is 0 Å². The highest BCUT2D eigenvalue weighted by molar-refractivity contribution is 5.95. The number of methoxy groups -OCH3 is 1. The molecular formula is C27H33ClN4O3. The van der Waals surface area contributed by atoms with Crippen molar-refractivity contribution in [2.45, 2.75) is 32.4 Å². The zero-order valence-corrected chi connectivity index (χ0v) is 20.9. The van der Waals surface area contributed by atoms with Crippen LogP contribution < -0.4 is 25.8 Å².